The average Bonchev–Trinajstić information content (AvgIpc) is 3.24. The number of rotatable bonds is 7. The second-order valence-electron chi connectivity index (χ2n) is 9.99. The molecule has 0 heterocycles. The van der Waals surface area contributed by atoms with Crippen molar-refractivity contribution in [1.29, 1.82) is 0 Å². The van der Waals surface area contributed by atoms with Crippen LogP contribution in [-0.2, 0) is 17.6 Å². The van der Waals surface area contributed by atoms with Crippen LogP contribution in [0.4, 0.5) is 14.5 Å². The number of carbonyl (C=O) groups excluding carboxylic acids is 1. The molecule has 3 unspecified atom stereocenters. The Balaban J connectivity index is 1.29. The minimum Gasteiger partial charge on any atom is -0.390 e. The number of nitrogens with one attached hydrogen (secondary N) is 2. The first-order valence-electron chi connectivity index (χ1n) is 13.1. The molecule has 3 aromatic rings. The fraction of sp³-hybridized carbons (Fsp3) is 0.250. The van der Waals surface area contributed by atoms with Crippen molar-refractivity contribution < 1.29 is 18.7 Å². The molecule has 2 aliphatic carbocycles. The van der Waals surface area contributed by atoms with E-state index in [4.69, 9.17) is 0 Å². The lowest BCUT2D eigenvalue weighted by atomic mass is 9.83. The zero-order chi connectivity index (χ0) is 27.4. The maximum atomic E-state index is 16.3. The van der Waals surface area contributed by atoms with Gasteiger partial charge in [-0.05, 0) is 59.9 Å². The maximum Gasteiger partial charge on any atom is 0.263 e. The number of nitrogens with zero attached hydrogens (tertiary/aromatic N) is 1. The molecule has 0 aromatic heterocycles. The zero-order valence-electron chi connectivity index (χ0n) is 21.7. The lowest BCUT2D eigenvalue weighted by Gasteiger charge is -2.30. The van der Waals surface area contributed by atoms with Gasteiger partial charge in [0.1, 0.15) is 5.82 Å². The van der Waals surface area contributed by atoms with Crippen LogP contribution < -0.4 is 10.6 Å². The van der Waals surface area contributed by atoms with Crippen molar-refractivity contribution in [2.75, 3.05) is 6.54 Å². The van der Waals surface area contributed by atoms with E-state index in [2.05, 4.69) is 15.6 Å². The van der Waals surface area contributed by atoms with Gasteiger partial charge in [0, 0.05) is 25.0 Å². The van der Waals surface area contributed by atoms with Crippen LogP contribution in [0.25, 0.3) is 5.57 Å². The largest absolute Gasteiger partial charge is 0.390 e. The number of hydrogen-bond acceptors (Lipinski definition) is 3. The molecule has 39 heavy (non-hydrogen) atoms. The molecule has 3 atom stereocenters. The van der Waals surface area contributed by atoms with E-state index in [1.807, 2.05) is 43.3 Å². The highest BCUT2D eigenvalue weighted by Crippen LogP contribution is 2.40. The maximum absolute atomic E-state index is 16.3. The van der Waals surface area contributed by atoms with Gasteiger partial charge in [-0.25, -0.2) is 13.8 Å². The van der Waals surface area contributed by atoms with E-state index in [0.29, 0.717) is 35.6 Å². The molecule has 3 aromatic carbocycles. The van der Waals surface area contributed by atoms with Gasteiger partial charge in [0.25, 0.3) is 5.91 Å². The molecule has 0 aliphatic heterocycles. The molecule has 5 nitrogen and oxygen atoms in total. The third kappa shape index (κ3) is 5.83. The van der Waals surface area contributed by atoms with Gasteiger partial charge in [0.2, 0.25) is 5.67 Å². The first-order valence-corrected chi connectivity index (χ1v) is 13.1. The van der Waals surface area contributed by atoms with Gasteiger partial charge in [0.15, 0.2) is 0 Å². The first kappa shape index (κ1) is 26.5. The topological polar surface area (TPSA) is 73.7 Å². The predicted octanol–water partition coefficient (Wildman–Crippen LogP) is 5.53. The van der Waals surface area contributed by atoms with E-state index in [9.17, 15) is 14.3 Å². The van der Waals surface area contributed by atoms with Crippen molar-refractivity contribution in [2.45, 2.75) is 44.0 Å². The highest BCUT2D eigenvalue weighted by Gasteiger charge is 2.45. The number of carbonyl (C=O) groups is 1. The Bertz CT molecular complexity index is 1430. The summed E-state index contributed by atoms with van der Waals surface area (Å²) in [4.78, 5) is 18.0. The monoisotopic (exact) mass is 527 g/mol. The second kappa shape index (κ2) is 11.3. The molecule has 2 aliphatic rings. The molecule has 0 bridgehead atoms. The third-order valence-corrected chi connectivity index (χ3v) is 7.24. The van der Waals surface area contributed by atoms with Gasteiger partial charge >= 0.3 is 0 Å². The lowest BCUT2D eigenvalue weighted by molar-refractivity contribution is -0.130. The van der Waals surface area contributed by atoms with Crippen LogP contribution in [0.2, 0.25) is 0 Å². The van der Waals surface area contributed by atoms with Gasteiger partial charge in [-0.15, -0.1) is 0 Å². The summed E-state index contributed by atoms with van der Waals surface area (Å²) in [5.74, 6) is -0.331. The number of aliphatic hydroxyl groups is 1. The summed E-state index contributed by atoms with van der Waals surface area (Å²) < 4.78 is 29.4. The number of aliphatic imine (C=N–C) groups is 1. The standard InChI is InChI=1S/C32H31F2N3O2/c1-21(35-18-16-22-10-13-25(33)14-11-22)36-26-15-12-24-19-29(38)30(27(24)20-26)37-31(39)32(34)17-6-5-9-28(32)23-7-3-2-4-8-23/h2-15,20,29-30,38H,16-19H2,1H3,(H,35,36)(H,37,39). The number of aliphatic hydroxyl groups excluding tert-OH is 1. The molecule has 0 spiro atoms. The lowest BCUT2D eigenvalue weighted by Crippen LogP contribution is -2.47. The number of allylic oxidation sites excluding steroid dienone is 3. The molecular weight excluding hydrogens is 496 g/mol. The first-order chi connectivity index (χ1) is 18.8. The smallest absolute Gasteiger partial charge is 0.263 e. The highest BCUT2D eigenvalue weighted by atomic mass is 19.1. The summed E-state index contributed by atoms with van der Waals surface area (Å²) in [5, 5.41) is 16.9. The molecule has 5 rings (SSSR count). The van der Waals surface area contributed by atoms with E-state index in [0.717, 1.165) is 23.1 Å². The average molecular weight is 528 g/mol. The van der Waals surface area contributed by atoms with E-state index >= 15 is 4.39 Å². The van der Waals surface area contributed by atoms with Crippen LogP contribution in [0, 0.1) is 5.82 Å². The molecule has 0 saturated heterocycles. The normalized spacial score (nSPS) is 22.3. The van der Waals surface area contributed by atoms with Crippen molar-refractivity contribution in [2.24, 2.45) is 4.99 Å². The number of halogens is 2. The van der Waals surface area contributed by atoms with Crippen molar-refractivity contribution in [3.05, 3.63) is 119 Å². The Labute approximate surface area is 227 Å². The summed E-state index contributed by atoms with van der Waals surface area (Å²) >= 11 is 0. The van der Waals surface area contributed by atoms with E-state index in [-0.39, 0.29) is 12.2 Å². The fourth-order valence-electron chi connectivity index (χ4n) is 5.17. The highest BCUT2D eigenvalue weighted by molar-refractivity contribution is 6.01. The molecule has 0 radical (unpaired) electrons. The van der Waals surface area contributed by atoms with Crippen molar-refractivity contribution in [1.82, 2.24) is 10.6 Å². The van der Waals surface area contributed by atoms with Gasteiger partial charge in [-0.2, -0.15) is 0 Å². The summed E-state index contributed by atoms with van der Waals surface area (Å²) in [7, 11) is 0. The van der Waals surface area contributed by atoms with E-state index in [1.165, 1.54) is 12.1 Å². The van der Waals surface area contributed by atoms with Crippen LogP contribution in [0.5, 0.6) is 0 Å². The van der Waals surface area contributed by atoms with Gasteiger partial charge in [-0.1, -0.05) is 66.8 Å². The summed E-state index contributed by atoms with van der Waals surface area (Å²) in [5.41, 5.74) is 2.00. The van der Waals surface area contributed by atoms with Crippen LogP contribution in [0.15, 0.2) is 96.0 Å². The fourth-order valence-corrected chi connectivity index (χ4v) is 5.17. The molecule has 0 saturated carbocycles. The number of fused-ring (bicyclic) bond motifs is 1. The summed E-state index contributed by atoms with van der Waals surface area (Å²) in [6, 6.07) is 20.3. The van der Waals surface area contributed by atoms with Crippen LogP contribution >= 0.6 is 0 Å². The molecular formula is C32H31F2N3O2. The Kier molecular flexibility index (Phi) is 7.70. The Morgan fingerprint density at radius 2 is 1.87 bits per heavy atom. The van der Waals surface area contributed by atoms with Crippen molar-refractivity contribution in [3.63, 3.8) is 0 Å². The van der Waals surface area contributed by atoms with Crippen LogP contribution in [-0.4, -0.2) is 35.2 Å². The molecule has 7 heteroatoms. The van der Waals surface area contributed by atoms with Gasteiger partial charge < -0.3 is 15.7 Å². The number of amides is 1. The number of amidine groups is 1. The third-order valence-electron chi connectivity index (χ3n) is 7.24. The van der Waals surface area contributed by atoms with Crippen LogP contribution in [0.1, 0.15) is 41.6 Å². The molecule has 0 fully saturated rings. The zero-order valence-corrected chi connectivity index (χ0v) is 21.7. The Hall–Kier alpha value is -4.10. The predicted molar refractivity (Wildman–Crippen MR) is 150 cm³/mol. The van der Waals surface area contributed by atoms with E-state index < -0.39 is 23.7 Å². The quantitative estimate of drug-likeness (QED) is 0.279. The Morgan fingerprint density at radius 3 is 2.64 bits per heavy atom. The van der Waals surface area contributed by atoms with Crippen molar-refractivity contribution >= 4 is 23.0 Å². The minimum absolute atomic E-state index is 0.0810. The van der Waals surface area contributed by atoms with Gasteiger partial charge in [0.05, 0.1) is 23.7 Å². The number of benzene rings is 3. The van der Waals surface area contributed by atoms with Crippen molar-refractivity contribution in [3.8, 4) is 0 Å². The minimum atomic E-state index is -2.25. The SMILES string of the molecule is CC(=Nc1ccc2c(c1)C(NC(=O)C1(F)CC=CC=C1c1ccccc1)C(O)C2)NCCc1ccc(F)cc1. The van der Waals surface area contributed by atoms with Crippen LogP contribution in [0.3, 0.4) is 0 Å². The molecule has 3 N–H and O–H groups in total. The molecule has 200 valence electrons. The number of hydrogen-bond donors (Lipinski definition) is 3. The second-order valence-corrected chi connectivity index (χ2v) is 9.99. The molecule has 1 amide bonds. The number of alkyl halides is 1. The Morgan fingerprint density at radius 1 is 1.10 bits per heavy atom. The summed E-state index contributed by atoms with van der Waals surface area (Å²) in [6.45, 7) is 2.49. The summed E-state index contributed by atoms with van der Waals surface area (Å²) in [6.07, 6.45) is 5.16. The van der Waals surface area contributed by atoms with E-state index in [1.54, 1.807) is 42.5 Å². The van der Waals surface area contributed by atoms with Gasteiger partial charge in [-0.3, -0.25) is 4.79 Å².